The van der Waals surface area contributed by atoms with Gasteiger partial charge in [-0.15, -0.1) is 0 Å². The van der Waals surface area contributed by atoms with E-state index in [2.05, 4.69) is 27.2 Å². The molecule has 2 heterocycles. The Morgan fingerprint density at radius 3 is 2.76 bits per heavy atom. The zero-order chi connectivity index (χ0) is 11.9. The first kappa shape index (κ1) is 11.7. The van der Waals surface area contributed by atoms with E-state index in [9.17, 15) is 0 Å². The second-order valence-corrected chi connectivity index (χ2v) is 3.74. The van der Waals surface area contributed by atoms with Gasteiger partial charge in [0.25, 0.3) is 0 Å². The minimum absolute atomic E-state index is 0.681. The number of rotatable bonds is 5. The van der Waals surface area contributed by atoms with Gasteiger partial charge in [-0.3, -0.25) is 4.98 Å². The van der Waals surface area contributed by atoms with Gasteiger partial charge in [0.2, 0.25) is 0 Å². The van der Waals surface area contributed by atoms with E-state index in [1.807, 2.05) is 24.3 Å². The van der Waals surface area contributed by atoms with Crippen LogP contribution in [0.5, 0.6) is 0 Å². The fourth-order valence-corrected chi connectivity index (χ4v) is 1.54. The predicted octanol–water partition coefficient (Wildman–Crippen LogP) is 1.57. The molecule has 0 saturated carbocycles. The van der Waals surface area contributed by atoms with E-state index in [0.717, 1.165) is 30.3 Å². The molecule has 88 valence electrons. The maximum Gasteiger partial charge on any atom is 0.134 e. The van der Waals surface area contributed by atoms with Gasteiger partial charge in [-0.25, -0.2) is 9.97 Å². The molecule has 4 nitrogen and oxygen atoms in total. The highest BCUT2D eigenvalue weighted by Crippen LogP contribution is 2.02. The minimum Gasteiger partial charge on any atom is -0.311 e. The van der Waals surface area contributed by atoms with E-state index >= 15 is 0 Å². The van der Waals surface area contributed by atoms with Crippen molar-refractivity contribution in [2.45, 2.75) is 19.9 Å². The summed E-state index contributed by atoms with van der Waals surface area (Å²) in [5.41, 5.74) is 2.01. The minimum atomic E-state index is 0.681. The van der Waals surface area contributed by atoms with Crippen LogP contribution in [0.1, 0.15) is 24.1 Å². The molecule has 0 radical (unpaired) electrons. The van der Waals surface area contributed by atoms with Gasteiger partial charge in [0.05, 0.1) is 12.1 Å². The standard InChI is InChI=1S/C13H16N4/c1-2-14-10-12-6-8-16-13(17-12)9-11-5-3-4-7-15-11/h3-8,14H,2,9-10H2,1H3. The molecule has 2 rings (SSSR count). The van der Waals surface area contributed by atoms with E-state index in [4.69, 9.17) is 0 Å². The van der Waals surface area contributed by atoms with E-state index in [-0.39, 0.29) is 0 Å². The fourth-order valence-electron chi connectivity index (χ4n) is 1.54. The Labute approximate surface area is 101 Å². The third-order valence-electron chi connectivity index (χ3n) is 2.38. The molecule has 0 aliphatic carbocycles. The molecule has 0 saturated heterocycles. The second-order valence-electron chi connectivity index (χ2n) is 3.74. The van der Waals surface area contributed by atoms with Gasteiger partial charge in [0, 0.05) is 24.6 Å². The maximum absolute atomic E-state index is 4.49. The Bertz CT molecular complexity index is 456. The Morgan fingerprint density at radius 1 is 1.06 bits per heavy atom. The first-order valence-corrected chi connectivity index (χ1v) is 5.80. The molecule has 0 bridgehead atoms. The summed E-state index contributed by atoms with van der Waals surface area (Å²) in [5, 5.41) is 3.25. The fraction of sp³-hybridized carbons (Fsp3) is 0.308. The third-order valence-corrected chi connectivity index (χ3v) is 2.38. The summed E-state index contributed by atoms with van der Waals surface area (Å²) in [7, 11) is 0. The molecule has 0 amide bonds. The van der Waals surface area contributed by atoms with Crippen LogP contribution in [0, 0.1) is 0 Å². The lowest BCUT2D eigenvalue weighted by Crippen LogP contribution is -2.14. The average molecular weight is 228 g/mol. The van der Waals surface area contributed by atoms with E-state index in [1.165, 1.54) is 0 Å². The quantitative estimate of drug-likeness (QED) is 0.844. The summed E-state index contributed by atoms with van der Waals surface area (Å²) in [5.74, 6) is 0.819. The van der Waals surface area contributed by atoms with E-state index in [1.54, 1.807) is 12.4 Å². The van der Waals surface area contributed by atoms with E-state index in [0.29, 0.717) is 6.42 Å². The average Bonchev–Trinajstić information content (AvgIpc) is 2.38. The lowest BCUT2D eigenvalue weighted by molar-refractivity contribution is 0.702. The second kappa shape index (κ2) is 6.06. The number of nitrogens with one attached hydrogen (secondary N) is 1. The van der Waals surface area contributed by atoms with Crippen LogP contribution in [0.15, 0.2) is 36.7 Å². The number of hydrogen-bond donors (Lipinski definition) is 1. The van der Waals surface area contributed by atoms with Gasteiger partial charge in [0.1, 0.15) is 5.82 Å². The predicted molar refractivity (Wildman–Crippen MR) is 66.5 cm³/mol. The highest BCUT2D eigenvalue weighted by Gasteiger charge is 2.01. The summed E-state index contributed by atoms with van der Waals surface area (Å²) in [4.78, 5) is 13.0. The van der Waals surface area contributed by atoms with E-state index < -0.39 is 0 Å². The molecule has 0 fully saturated rings. The molecular formula is C13H16N4. The highest BCUT2D eigenvalue weighted by molar-refractivity contribution is 5.11. The number of nitrogens with zero attached hydrogens (tertiary/aromatic N) is 3. The molecule has 4 heteroatoms. The van der Waals surface area contributed by atoms with Gasteiger partial charge in [-0.05, 0) is 24.7 Å². The summed E-state index contributed by atoms with van der Waals surface area (Å²) < 4.78 is 0. The zero-order valence-electron chi connectivity index (χ0n) is 9.93. The molecule has 0 spiro atoms. The Balaban J connectivity index is 2.06. The van der Waals surface area contributed by atoms with Gasteiger partial charge < -0.3 is 5.32 Å². The SMILES string of the molecule is CCNCc1ccnc(Cc2ccccn2)n1. The zero-order valence-corrected chi connectivity index (χ0v) is 9.93. The van der Waals surface area contributed by atoms with Crippen molar-refractivity contribution in [3.8, 4) is 0 Å². The van der Waals surface area contributed by atoms with Crippen LogP contribution in [0.3, 0.4) is 0 Å². The first-order chi connectivity index (χ1) is 8.38. The first-order valence-electron chi connectivity index (χ1n) is 5.80. The van der Waals surface area contributed by atoms with Gasteiger partial charge in [-0.1, -0.05) is 13.0 Å². The summed E-state index contributed by atoms with van der Waals surface area (Å²) in [6.45, 7) is 3.81. The highest BCUT2D eigenvalue weighted by atomic mass is 14.9. The van der Waals surface area contributed by atoms with Crippen LogP contribution in [0.2, 0.25) is 0 Å². The summed E-state index contributed by atoms with van der Waals surface area (Å²) >= 11 is 0. The molecule has 0 aliphatic rings. The Kier molecular flexibility index (Phi) is 4.16. The van der Waals surface area contributed by atoms with Crippen molar-refractivity contribution in [1.29, 1.82) is 0 Å². The molecule has 2 aromatic heterocycles. The molecule has 0 atom stereocenters. The van der Waals surface area contributed by atoms with Crippen molar-refractivity contribution in [3.05, 3.63) is 53.9 Å². The van der Waals surface area contributed by atoms with Crippen LogP contribution in [-0.4, -0.2) is 21.5 Å². The lowest BCUT2D eigenvalue weighted by Gasteiger charge is -2.03. The van der Waals surface area contributed by atoms with Crippen LogP contribution >= 0.6 is 0 Å². The topological polar surface area (TPSA) is 50.7 Å². The summed E-state index contributed by atoms with van der Waals surface area (Å²) in [6.07, 6.45) is 4.27. The largest absolute Gasteiger partial charge is 0.311 e. The molecule has 1 N–H and O–H groups in total. The third kappa shape index (κ3) is 3.60. The lowest BCUT2D eigenvalue weighted by atomic mass is 10.2. The van der Waals surface area contributed by atoms with Crippen molar-refractivity contribution < 1.29 is 0 Å². The molecule has 17 heavy (non-hydrogen) atoms. The molecule has 0 aromatic carbocycles. The molecule has 2 aromatic rings. The van der Waals surface area contributed by atoms with Crippen molar-refractivity contribution in [2.75, 3.05) is 6.54 Å². The van der Waals surface area contributed by atoms with Gasteiger partial charge in [-0.2, -0.15) is 0 Å². The Morgan fingerprint density at radius 2 is 2.00 bits per heavy atom. The monoisotopic (exact) mass is 228 g/mol. The number of hydrogen-bond acceptors (Lipinski definition) is 4. The summed E-state index contributed by atoms with van der Waals surface area (Å²) in [6, 6.07) is 7.81. The van der Waals surface area contributed by atoms with Crippen LogP contribution in [0.25, 0.3) is 0 Å². The normalized spacial score (nSPS) is 10.4. The van der Waals surface area contributed by atoms with Crippen LogP contribution < -0.4 is 5.32 Å². The van der Waals surface area contributed by atoms with Crippen LogP contribution in [-0.2, 0) is 13.0 Å². The van der Waals surface area contributed by atoms with Crippen LogP contribution in [0.4, 0.5) is 0 Å². The van der Waals surface area contributed by atoms with Gasteiger partial charge in [0.15, 0.2) is 0 Å². The smallest absolute Gasteiger partial charge is 0.134 e. The number of aromatic nitrogens is 3. The maximum atomic E-state index is 4.49. The molecule has 0 unspecified atom stereocenters. The van der Waals surface area contributed by atoms with Crippen molar-refractivity contribution in [1.82, 2.24) is 20.3 Å². The van der Waals surface area contributed by atoms with Crippen molar-refractivity contribution in [3.63, 3.8) is 0 Å². The molecule has 0 aliphatic heterocycles. The molecular weight excluding hydrogens is 212 g/mol. The van der Waals surface area contributed by atoms with Gasteiger partial charge >= 0.3 is 0 Å². The Hall–Kier alpha value is -1.81. The van der Waals surface area contributed by atoms with Crippen molar-refractivity contribution >= 4 is 0 Å². The van der Waals surface area contributed by atoms with Crippen molar-refractivity contribution in [2.24, 2.45) is 0 Å². The number of pyridine rings is 1.